The molecule has 4 saturated carbocycles. The van der Waals surface area contributed by atoms with Crippen molar-refractivity contribution in [3.8, 4) is 0 Å². The second kappa shape index (κ2) is 8.86. The van der Waals surface area contributed by atoms with Crippen molar-refractivity contribution < 1.29 is 14.3 Å². The van der Waals surface area contributed by atoms with Gasteiger partial charge in [-0.15, -0.1) is 0 Å². The van der Waals surface area contributed by atoms with Crippen LogP contribution in [0.15, 0.2) is 24.3 Å². The number of hydrogen-bond acceptors (Lipinski definition) is 3. The van der Waals surface area contributed by atoms with Crippen molar-refractivity contribution >= 4 is 11.8 Å². The third kappa shape index (κ3) is 4.66. The van der Waals surface area contributed by atoms with Crippen LogP contribution in [0.3, 0.4) is 0 Å². The van der Waals surface area contributed by atoms with E-state index in [1.54, 1.807) is 0 Å². The lowest BCUT2D eigenvalue weighted by atomic mass is 9.49. The Bertz CT molecular complexity index is 693. The maximum Gasteiger partial charge on any atom is 0.251 e. The van der Waals surface area contributed by atoms with E-state index in [9.17, 15) is 9.59 Å². The second-order valence-corrected chi connectivity index (χ2v) is 9.38. The molecule has 0 atom stereocenters. The van der Waals surface area contributed by atoms with E-state index in [0.717, 1.165) is 49.0 Å². The molecule has 0 unspecified atom stereocenters. The van der Waals surface area contributed by atoms with E-state index in [1.165, 1.54) is 19.3 Å². The third-order valence-electron chi connectivity index (χ3n) is 7.14. The first kappa shape index (κ1) is 20.4. The molecule has 5 rings (SSSR count). The Morgan fingerprint density at radius 1 is 1.00 bits per heavy atom. The van der Waals surface area contributed by atoms with Crippen LogP contribution < -0.4 is 10.6 Å². The average Bonchev–Trinajstić information content (AvgIpc) is 2.71. The summed E-state index contributed by atoms with van der Waals surface area (Å²) in [5, 5.41) is 6.12. The zero-order valence-corrected chi connectivity index (χ0v) is 17.5. The van der Waals surface area contributed by atoms with Gasteiger partial charge in [0.15, 0.2) is 0 Å². The molecule has 5 nitrogen and oxygen atoms in total. The molecule has 0 radical (unpaired) electrons. The Kier molecular flexibility index (Phi) is 6.23. The normalized spacial score (nSPS) is 29.6. The fourth-order valence-electron chi connectivity index (χ4n) is 6.16. The fourth-order valence-corrected chi connectivity index (χ4v) is 6.16. The smallest absolute Gasteiger partial charge is 0.251 e. The number of hydrogen-bond donors (Lipinski definition) is 2. The lowest BCUT2D eigenvalue weighted by Gasteiger charge is -2.55. The number of rotatable bonds is 9. The first-order chi connectivity index (χ1) is 14.1. The molecule has 158 valence electrons. The van der Waals surface area contributed by atoms with Gasteiger partial charge in [-0.3, -0.25) is 9.59 Å². The molecule has 0 spiro atoms. The summed E-state index contributed by atoms with van der Waals surface area (Å²) in [5.74, 6) is 2.52. The Hall–Kier alpha value is -1.88. The van der Waals surface area contributed by atoms with Crippen molar-refractivity contribution in [2.45, 2.75) is 58.4 Å². The van der Waals surface area contributed by atoms with Crippen molar-refractivity contribution in [3.63, 3.8) is 0 Å². The number of benzene rings is 1. The Balaban J connectivity index is 1.25. The maximum atomic E-state index is 13.1. The zero-order valence-electron chi connectivity index (χ0n) is 17.5. The van der Waals surface area contributed by atoms with E-state index in [1.807, 2.05) is 31.2 Å². The number of carbonyl (C=O) groups excluding carboxylic acids is 2. The van der Waals surface area contributed by atoms with Gasteiger partial charge in [0, 0.05) is 37.3 Å². The zero-order chi connectivity index (χ0) is 20.3. The highest BCUT2D eigenvalue weighted by molar-refractivity contribution is 5.94. The highest BCUT2D eigenvalue weighted by Gasteiger charge is 2.54. The minimum atomic E-state index is -0.101. The Labute approximate surface area is 174 Å². The minimum absolute atomic E-state index is 0.0642. The highest BCUT2D eigenvalue weighted by Crippen LogP contribution is 2.60. The molecule has 0 aliphatic heterocycles. The van der Waals surface area contributed by atoms with Crippen LogP contribution in [-0.2, 0) is 16.1 Å². The lowest BCUT2D eigenvalue weighted by Crippen LogP contribution is -2.53. The van der Waals surface area contributed by atoms with Crippen molar-refractivity contribution in [2.24, 2.45) is 23.2 Å². The number of ether oxygens (including phenoxy) is 1. The van der Waals surface area contributed by atoms with Gasteiger partial charge in [-0.05, 0) is 87.3 Å². The molecule has 0 heterocycles. The van der Waals surface area contributed by atoms with E-state index in [0.29, 0.717) is 31.9 Å². The van der Waals surface area contributed by atoms with Crippen LogP contribution in [0.2, 0.25) is 0 Å². The molecular formula is C24H34N2O3. The van der Waals surface area contributed by atoms with E-state index in [-0.39, 0.29) is 17.2 Å². The van der Waals surface area contributed by atoms with E-state index < -0.39 is 0 Å². The van der Waals surface area contributed by atoms with Crippen molar-refractivity contribution in [1.82, 2.24) is 10.6 Å². The van der Waals surface area contributed by atoms with E-state index >= 15 is 0 Å². The molecule has 4 aliphatic rings. The van der Waals surface area contributed by atoms with Crippen LogP contribution in [0.1, 0.15) is 67.8 Å². The molecule has 5 heteroatoms. The van der Waals surface area contributed by atoms with Crippen LogP contribution in [0.25, 0.3) is 0 Å². The van der Waals surface area contributed by atoms with E-state index in [2.05, 4.69) is 10.6 Å². The molecule has 1 aromatic carbocycles. The number of amides is 2. The molecule has 4 aliphatic carbocycles. The Morgan fingerprint density at radius 3 is 2.21 bits per heavy atom. The number of carbonyl (C=O) groups is 2. The van der Waals surface area contributed by atoms with Gasteiger partial charge in [-0.25, -0.2) is 0 Å². The van der Waals surface area contributed by atoms with E-state index in [4.69, 9.17) is 4.74 Å². The second-order valence-electron chi connectivity index (χ2n) is 9.38. The molecule has 0 aromatic heterocycles. The summed E-state index contributed by atoms with van der Waals surface area (Å²) in [5.41, 5.74) is 1.59. The SMILES string of the molecule is CCOCCCNC(=O)c1ccc(CNC(=O)C23CC4CC(CC(C4)C2)C3)cc1. The molecule has 2 amide bonds. The van der Waals surface area contributed by atoms with Crippen molar-refractivity contribution in [3.05, 3.63) is 35.4 Å². The summed E-state index contributed by atoms with van der Waals surface area (Å²) in [7, 11) is 0. The van der Waals surface area contributed by atoms with Gasteiger partial charge >= 0.3 is 0 Å². The summed E-state index contributed by atoms with van der Waals surface area (Å²) >= 11 is 0. The van der Waals surface area contributed by atoms with Crippen molar-refractivity contribution in [1.29, 1.82) is 0 Å². The van der Waals surface area contributed by atoms with Gasteiger partial charge in [-0.2, -0.15) is 0 Å². The summed E-state index contributed by atoms with van der Waals surface area (Å²) in [4.78, 5) is 25.2. The number of nitrogens with one attached hydrogen (secondary N) is 2. The molecule has 4 fully saturated rings. The van der Waals surface area contributed by atoms with Gasteiger partial charge in [0.1, 0.15) is 0 Å². The molecule has 1 aromatic rings. The minimum Gasteiger partial charge on any atom is -0.382 e. The van der Waals surface area contributed by atoms with Crippen LogP contribution in [0.5, 0.6) is 0 Å². The summed E-state index contributed by atoms with van der Waals surface area (Å²) in [6.45, 7) is 4.48. The van der Waals surface area contributed by atoms with Crippen molar-refractivity contribution in [2.75, 3.05) is 19.8 Å². The average molecular weight is 399 g/mol. The van der Waals surface area contributed by atoms with Crippen LogP contribution >= 0.6 is 0 Å². The lowest BCUT2D eigenvalue weighted by molar-refractivity contribution is -0.146. The quantitative estimate of drug-likeness (QED) is 0.624. The van der Waals surface area contributed by atoms with Crippen LogP contribution in [0, 0.1) is 23.2 Å². The fraction of sp³-hybridized carbons (Fsp3) is 0.667. The molecule has 2 N–H and O–H groups in total. The highest BCUT2D eigenvalue weighted by atomic mass is 16.5. The molecular weight excluding hydrogens is 364 g/mol. The van der Waals surface area contributed by atoms with Gasteiger partial charge < -0.3 is 15.4 Å². The van der Waals surface area contributed by atoms with Gasteiger partial charge in [0.05, 0.1) is 0 Å². The van der Waals surface area contributed by atoms with Crippen LogP contribution in [0.4, 0.5) is 0 Å². The Morgan fingerprint density at radius 2 is 1.62 bits per heavy atom. The maximum absolute atomic E-state index is 13.1. The summed E-state index contributed by atoms with van der Waals surface area (Å²) in [6.07, 6.45) is 8.13. The van der Waals surface area contributed by atoms with Gasteiger partial charge in [-0.1, -0.05) is 12.1 Å². The topological polar surface area (TPSA) is 67.4 Å². The predicted molar refractivity (Wildman–Crippen MR) is 112 cm³/mol. The molecule has 29 heavy (non-hydrogen) atoms. The molecule has 0 saturated heterocycles. The van der Waals surface area contributed by atoms with Crippen LogP contribution in [-0.4, -0.2) is 31.6 Å². The van der Waals surface area contributed by atoms with Gasteiger partial charge in [0.25, 0.3) is 5.91 Å². The predicted octanol–water partition coefficient (Wildman–Crippen LogP) is 3.68. The van der Waals surface area contributed by atoms with Gasteiger partial charge in [0.2, 0.25) is 5.91 Å². The standard InChI is InChI=1S/C24H34N2O3/c1-2-29-9-3-8-25-22(27)21-6-4-17(5-7-21)16-26-23(28)24-13-18-10-19(14-24)12-20(11-18)15-24/h4-7,18-20H,2-3,8-16H2,1H3,(H,25,27)(H,26,28). The first-order valence-electron chi connectivity index (χ1n) is 11.3. The summed E-state index contributed by atoms with van der Waals surface area (Å²) < 4.78 is 5.27. The summed E-state index contributed by atoms with van der Waals surface area (Å²) in [6, 6.07) is 7.55. The monoisotopic (exact) mass is 398 g/mol. The molecule has 4 bridgehead atoms. The largest absolute Gasteiger partial charge is 0.382 e. The third-order valence-corrected chi connectivity index (χ3v) is 7.14. The first-order valence-corrected chi connectivity index (χ1v) is 11.3.